The smallest absolute Gasteiger partial charge is 0.178 e. The summed E-state index contributed by atoms with van der Waals surface area (Å²) >= 11 is 0. The summed E-state index contributed by atoms with van der Waals surface area (Å²) in [4.78, 5) is 14.3. The number of benzene rings is 3. The normalized spacial score (nSPS) is 16.2. The van der Waals surface area contributed by atoms with Crippen LogP contribution in [0.3, 0.4) is 0 Å². The van der Waals surface area contributed by atoms with E-state index in [0.717, 1.165) is 18.1 Å². The van der Waals surface area contributed by atoms with Crippen LogP contribution in [0, 0.1) is 0 Å². The van der Waals surface area contributed by atoms with Crippen LogP contribution in [0.25, 0.3) is 11.1 Å². The zero-order valence-electron chi connectivity index (χ0n) is 20.2. The lowest BCUT2D eigenvalue weighted by Crippen LogP contribution is -2.36. The molecule has 6 rings (SSSR count). The fourth-order valence-electron chi connectivity index (χ4n) is 5.41. The summed E-state index contributed by atoms with van der Waals surface area (Å²) in [7, 11) is 0. The molecule has 1 aromatic heterocycles. The molecule has 1 atom stereocenters. The van der Waals surface area contributed by atoms with Gasteiger partial charge in [-0.05, 0) is 57.9 Å². The Labute approximate surface area is 201 Å². The number of hydrogen-bond donors (Lipinski definition) is 0. The molecule has 3 aromatic carbocycles. The first-order valence-corrected chi connectivity index (χ1v) is 12.2. The quantitative estimate of drug-likeness (QED) is 0.324. The van der Waals surface area contributed by atoms with Crippen LogP contribution < -0.4 is 9.80 Å². The lowest BCUT2D eigenvalue weighted by atomic mass is 9.90. The van der Waals surface area contributed by atoms with Crippen molar-refractivity contribution >= 4 is 23.0 Å². The maximum Gasteiger partial charge on any atom is 0.178 e. The molecule has 34 heavy (non-hydrogen) atoms. The third kappa shape index (κ3) is 3.20. The molecule has 170 valence electrons. The first-order chi connectivity index (χ1) is 16.5. The van der Waals surface area contributed by atoms with Crippen molar-refractivity contribution in [3.63, 3.8) is 0 Å². The van der Waals surface area contributed by atoms with Crippen LogP contribution in [0.4, 0.5) is 23.0 Å². The molecular weight excluding hydrogens is 416 g/mol. The van der Waals surface area contributed by atoms with Gasteiger partial charge in [0.15, 0.2) is 11.6 Å². The lowest BCUT2D eigenvalue weighted by molar-refractivity contribution is 0.722. The van der Waals surface area contributed by atoms with Crippen LogP contribution in [0.5, 0.6) is 0 Å². The van der Waals surface area contributed by atoms with E-state index >= 15 is 0 Å². The standard InChI is InChI=1S/C30H30N4/c1-19(2)21-10-12-24(13-11-21)33-28-17-23-16-25(20(3)4)26(22-8-6-5-7-9-22)18-27(23)34(28)30-29(33)31-14-15-32-30/h5-16,18-20,28H,17H2,1-4H3. The number of aromatic nitrogens is 2. The zero-order chi connectivity index (χ0) is 23.4. The second kappa shape index (κ2) is 7.98. The van der Waals surface area contributed by atoms with Crippen molar-refractivity contribution in [2.45, 2.75) is 52.1 Å². The number of nitrogens with zero attached hydrogens (tertiary/aromatic N) is 4. The van der Waals surface area contributed by atoms with Crippen LogP contribution in [-0.4, -0.2) is 16.1 Å². The third-order valence-electron chi connectivity index (χ3n) is 7.17. The molecular formula is C30H30N4. The molecule has 0 radical (unpaired) electrons. The molecule has 3 heterocycles. The Morgan fingerprint density at radius 1 is 0.765 bits per heavy atom. The predicted molar refractivity (Wildman–Crippen MR) is 140 cm³/mol. The van der Waals surface area contributed by atoms with Gasteiger partial charge < -0.3 is 9.80 Å². The molecule has 2 aliphatic rings. The van der Waals surface area contributed by atoms with Crippen molar-refractivity contribution < 1.29 is 0 Å². The monoisotopic (exact) mass is 446 g/mol. The fraction of sp³-hybridized carbons (Fsp3) is 0.267. The molecule has 0 aliphatic carbocycles. The molecule has 4 heteroatoms. The Hall–Kier alpha value is -3.66. The average molecular weight is 447 g/mol. The highest BCUT2D eigenvalue weighted by Gasteiger charge is 2.45. The van der Waals surface area contributed by atoms with E-state index in [9.17, 15) is 0 Å². The summed E-state index contributed by atoms with van der Waals surface area (Å²) < 4.78 is 0. The van der Waals surface area contributed by atoms with E-state index in [4.69, 9.17) is 9.97 Å². The molecule has 0 spiro atoms. The topological polar surface area (TPSA) is 32.3 Å². The number of anilines is 4. The van der Waals surface area contributed by atoms with Gasteiger partial charge in [0, 0.05) is 30.2 Å². The lowest BCUT2D eigenvalue weighted by Gasteiger charge is -2.27. The van der Waals surface area contributed by atoms with E-state index in [1.807, 2.05) is 0 Å². The molecule has 0 saturated carbocycles. The van der Waals surface area contributed by atoms with Crippen molar-refractivity contribution in [1.29, 1.82) is 0 Å². The number of rotatable bonds is 4. The minimum atomic E-state index is 0.142. The zero-order valence-corrected chi connectivity index (χ0v) is 20.2. The first kappa shape index (κ1) is 20.9. The molecule has 0 amide bonds. The van der Waals surface area contributed by atoms with E-state index in [1.165, 1.54) is 39.2 Å². The molecule has 0 saturated heterocycles. The number of fused-ring (bicyclic) bond motifs is 5. The summed E-state index contributed by atoms with van der Waals surface area (Å²) in [5.74, 6) is 2.83. The minimum Gasteiger partial charge on any atom is -0.302 e. The average Bonchev–Trinajstić information content (AvgIpc) is 3.37. The Morgan fingerprint density at radius 2 is 1.44 bits per heavy atom. The Kier molecular flexibility index (Phi) is 4.91. The highest BCUT2D eigenvalue weighted by molar-refractivity contribution is 5.89. The predicted octanol–water partition coefficient (Wildman–Crippen LogP) is 7.56. The minimum absolute atomic E-state index is 0.142. The highest BCUT2D eigenvalue weighted by atomic mass is 15.5. The van der Waals surface area contributed by atoms with Gasteiger partial charge in [0.1, 0.15) is 6.17 Å². The van der Waals surface area contributed by atoms with E-state index in [-0.39, 0.29) is 6.17 Å². The molecule has 2 aliphatic heterocycles. The number of hydrogen-bond acceptors (Lipinski definition) is 4. The molecule has 0 bridgehead atoms. The van der Waals surface area contributed by atoms with Crippen molar-refractivity contribution in [3.8, 4) is 11.1 Å². The van der Waals surface area contributed by atoms with Gasteiger partial charge in [-0.1, -0.05) is 76.2 Å². The van der Waals surface area contributed by atoms with Gasteiger partial charge in [0.2, 0.25) is 0 Å². The fourth-order valence-corrected chi connectivity index (χ4v) is 5.41. The molecule has 4 aromatic rings. The summed E-state index contributed by atoms with van der Waals surface area (Å²) in [6, 6.07) is 24.5. The van der Waals surface area contributed by atoms with Crippen LogP contribution in [0.15, 0.2) is 79.1 Å². The van der Waals surface area contributed by atoms with E-state index in [0.29, 0.717) is 11.8 Å². The summed E-state index contributed by atoms with van der Waals surface area (Å²) in [6.45, 7) is 9.04. The summed E-state index contributed by atoms with van der Waals surface area (Å²) in [5, 5.41) is 0. The van der Waals surface area contributed by atoms with Crippen LogP contribution in [0.2, 0.25) is 0 Å². The van der Waals surface area contributed by atoms with Crippen molar-refractivity contribution in [3.05, 3.63) is 95.8 Å². The van der Waals surface area contributed by atoms with E-state index in [2.05, 4.69) is 104 Å². The third-order valence-corrected chi connectivity index (χ3v) is 7.17. The van der Waals surface area contributed by atoms with Gasteiger partial charge in [0.25, 0.3) is 0 Å². The summed E-state index contributed by atoms with van der Waals surface area (Å²) in [6.07, 6.45) is 4.69. The Balaban J connectivity index is 1.49. The Morgan fingerprint density at radius 3 is 2.09 bits per heavy atom. The van der Waals surface area contributed by atoms with Gasteiger partial charge in [-0.15, -0.1) is 0 Å². The van der Waals surface area contributed by atoms with Crippen LogP contribution in [0.1, 0.15) is 56.2 Å². The van der Waals surface area contributed by atoms with Gasteiger partial charge in [-0.25, -0.2) is 9.97 Å². The second-order valence-corrected chi connectivity index (χ2v) is 9.96. The first-order valence-electron chi connectivity index (χ1n) is 12.2. The van der Waals surface area contributed by atoms with Gasteiger partial charge >= 0.3 is 0 Å². The summed E-state index contributed by atoms with van der Waals surface area (Å²) in [5.41, 5.74) is 9.11. The van der Waals surface area contributed by atoms with Gasteiger partial charge in [0.05, 0.1) is 0 Å². The van der Waals surface area contributed by atoms with Crippen LogP contribution in [-0.2, 0) is 6.42 Å². The molecule has 4 nitrogen and oxygen atoms in total. The van der Waals surface area contributed by atoms with Crippen molar-refractivity contribution in [2.24, 2.45) is 0 Å². The Bertz CT molecular complexity index is 1340. The van der Waals surface area contributed by atoms with Crippen molar-refractivity contribution in [1.82, 2.24) is 9.97 Å². The van der Waals surface area contributed by atoms with Crippen LogP contribution >= 0.6 is 0 Å². The molecule has 0 N–H and O–H groups in total. The second-order valence-electron chi connectivity index (χ2n) is 9.96. The van der Waals surface area contributed by atoms with Crippen molar-refractivity contribution in [2.75, 3.05) is 9.80 Å². The largest absolute Gasteiger partial charge is 0.302 e. The molecule has 1 unspecified atom stereocenters. The van der Waals surface area contributed by atoms with E-state index in [1.54, 1.807) is 12.4 Å². The maximum absolute atomic E-state index is 4.80. The van der Waals surface area contributed by atoms with Gasteiger partial charge in [-0.2, -0.15) is 0 Å². The van der Waals surface area contributed by atoms with E-state index < -0.39 is 0 Å². The molecule has 0 fully saturated rings. The van der Waals surface area contributed by atoms with Gasteiger partial charge in [-0.3, -0.25) is 0 Å². The SMILES string of the molecule is CC(C)c1ccc(N2c3nccnc3N3c4cc(-c5ccccc5)c(C(C)C)cc4CC23)cc1. The highest BCUT2D eigenvalue weighted by Crippen LogP contribution is 2.52. The maximum atomic E-state index is 4.80.